The molecule has 0 heterocycles. The van der Waals surface area contributed by atoms with E-state index in [4.69, 9.17) is 16.3 Å². The predicted octanol–water partition coefficient (Wildman–Crippen LogP) is 6.80. The number of carbonyl (C=O) groups is 2. The van der Waals surface area contributed by atoms with Crippen molar-refractivity contribution >= 4 is 39.1 Å². The third-order valence-electron chi connectivity index (χ3n) is 7.88. The number of benzene rings is 4. The molecule has 1 aliphatic rings. The quantitative estimate of drug-likeness (QED) is 0.183. The summed E-state index contributed by atoms with van der Waals surface area (Å²) in [6.45, 7) is 1.15. The van der Waals surface area contributed by atoms with Gasteiger partial charge in [0.1, 0.15) is 24.1 Å². The maximum atomic E-state index is 14.2. The minimum atomic E-state index is -4.18. The lowest BCUT2D eigenvalue weighted by atomic mass is 10.1. The third-order valence-corrected chi connectivity index (χ3v) is 10.0. The average Bonchev–Trinajstić information content (AvgIpc) is 3.57. The van der Waals surface area contributed by atoms with E-state index < -0.39 is 28.5 Å². The molecule has 1 N–H and O–H groups in total. The minimum absolute atomic E-state index is 0.0286. The molecule has 0 spiro atoms. The summed E-state index contributed by atoms with van der Waals surface area (Å²) in [5.41, 5.74) is 0.918. The molecule has 4 aromatic carbocycles. The number of rotatable bonds is 12. The number of hydrogen-bond acceptors (Lipinski definition) is 5. The molecule has 4 aromatic rings. The number of anilines is 1. The van der Waals surface area contributed by atoms with E-state index in [0.717, 1.165) is 30.0 Å². The summed E-state index contributed by atoms with van der Waals surface area (Å²) in [6, 6.07) is 29.9. The fourth-order valence-corrected chi connectivity index (χ4v) is 6.97. The highest BCUT2D eigenvalue weighted by molar-refractivity contribution is 7.92. The van der Waals surface area contributed by atoms with Crippen molar-refractivity contribution < 1.29 is 22.7 Å². The van der Waals surface area contributed by atoms with Crippen LogP contribution in [0.2, 0.25) is 5.02 Å². The van der Waals surface area contributed by atoms with Gasteiger partial charge in [-0.15, -0.1) is 0 Å². The van der Waals surface area contributed by atoms with Gasteiger partial charge in [-0.2, -0.15) is 0 Å². The number of nitrogens with zero attached hydrogens (tertiary/aromatic N) is 2. The molecule has 5 rings (SSSR count). The highest BCUT2D eigenvalue weighted by Gasteiger charge is 2.33. The minimum Gasteiger partial charge on any atom is -0.457 e. The van der Waals surface area contributed by atoms with Crippen molar-refractivity contribution in [3.8, 4) is 11.5 Å². The topological polar surface area (TPSA) is 96.0 Å². The summed E-state index contributed by atoms with van der Waals surface area (Å²) in [5, 5.41) is 3.52. The number of ether oxygens (including phenoxy) is 1. The Labute approximate surface area is 269 Å². The van der Waals surface area contributed by atoms with Gasteiger partial charge >= 0.3 is 0 Å². The molecule has 234 valence electrons. The van der Waals surface area contributed by atoms with E-state index in [-0.39, 0.29) is 29.1 Å². The van der Waals surface area contributed by atoms with E-state index in [9.17, 15) is 18.0 Å². The zero-order chi connectivity index (χ0) is 31.8. The van der Waals surface area contributed by atoms with Crippen LogP contribution in [0.25, 0.3) is 0 Å². The van der Waals surface area contributed by atoms with Crippen molar-refractivity contribution in [3.63, 3.8) is 0 Å². The molecular formula is C35H36ClN3O5S. The molecule has 0 radical (unpaired) electrons. The molecule has 1 saturated carbocycles. The molecule has 2 amide bonds. The maximum absolute atomic E-state index is 14.2. The molecule has 0 aromatic heterocycles. The second-order valence-corrected chi connectivity index (χ2v) is 13.3. The Balaban J connectivity index is 1.46. The second-order valence-electron chi connectivity index (χ2n) is 11.0. The van der Waals surface area contributed by atoms with Crippen molar-refractivity contribution in [2.75, 3.05) is 10.8 Å². The Morgan fingerprint density at radius 1 is 0.844 bits per heavy atom. The summed E-state index contributed by atoms with van der Waals surface area (Å²) in [4.78, 5) is 29.0. The van der Waals surface area contributed by atoms with Gasteiger partial charge in [0.25, 0.3) is 10.0 Å². The van der Waals surface area contributed by atoms with E-state index in [1.165, 1.54) is 17.0 Å². The molecule has 8 nitrogen and oxygen atoms in total. The number of halogens is 1. The third kappa shape index (κ3) is 8.04. The van der Waals surface area contributed by atoms with Crippen LogP contribution in [0.5, 0.6) is 11.5 Å². The zero-order valence-corrected chi connectivity index (χ0v) is 26.6. The SMILES string of the molecule is C[C@@H](C(=O)NC1CCCC1)N(Cc1ccccc1Cl)C(=O)CN(c1ccc(Oc2ccccc2)cc1)S(=O)(=O)c1ccccc1. The van der Waals surface area contributed by atoms with Gasteiger partial charge in [0.05, 0.1) is 10.6 Å². The van der Waals surface area contributed by atoms with Gasteiger partial charge in [-0.1, -0.05) is 79.0 Å². The lowest BCUT2D eigenvalue weighted by Gasteiger charge is -2.32. The molecule has 1 atom stereocenters. The van der Waals surface area contributed by atoms with Gasteiger partial charge in [0.2, 0.25) is 11.8 Å². The summed E-state index contributed by atoms with van der Waals surface area (Å²) >= 11 is 6.47. The van der Waals surface area contributed by atoms with Crippen molar-refractivity contribution in [1.82, 2.24) is 10.2 Å². The molecule has 45 heavy (non-hydrogen) atoms. The van der Waals surface area contributed by atoms with Gasteiger partial charge in [0, 0.05) is 17.6 Å². The van der Waals surface area contributed by atoms with Crippen LogP contribution in [0.15, 0.2) is 114 Å². The van der Waals surface area contributed by atoms with E-state index in [1.54, 1.807) is 73.7 Å². The Morgan fingerprint density at radius 2 is 1.42 bits per heavy atom. The average molecular weight is 646 g/mol. The van der Waals surface area contributed by atoms with Crippen LogP contribution in [-0.2, 0) is 26.2 Å². The Hall–Kier alpha value is -4.34. The molecule has 0 unspecified atom stereocenters. The Morgan fingerprint density at radius 3 is 2.07 bits per heavy atom. The lowest BCUT2D eigenvalue weighted by Crippen LogP contribution is -2.52. The first-order valence-corrected chi connectivity index (χ1v) is 16.8. The lowest BCUT2D eigenvalue weighted by molar-refractivity contribution is -0.139. The summed E-state index contributed by atoms with van der Waals surface area (Å²) < 4.78 is 35.0. The number of carbonyl (C=O) groups excluding carboxylic acids is 2. The van der Waals surface area contributed by atoms with Crippen molar-refractivity contribution in [3.05, 3.63) is 120 Å². The van der Waals surface area contributed by atoms with E-state index in [2.05, 4.69) is 5.32 Å². The van der Waals surface area contributed by atoms with E-state index in [0.29, 0.717) is 22.1 Å². The van der Waals surface area contributed by atoms with Crippen LogP contribution in [-0.4, -0.2) is 43.8 Å². The second kappa shape index (κ2) is 14.6. The molecule has 0 saturated heterocycles. The van der Waals surface area contributed by atoms with Crippen LogP contribution < -0.4 is 14.4 Å². The fourth-order valence-electron chi connectivity index (χ4n) is 5.34. The summed E-state index contributed by atoms with van der Waals surface area (Å²) in [6.07, 6.45) is 3.88. The monoisotopic (exact) mass is 645 g/mol. The smallest absolute Gasteiger partial charge is 0.264 e. The van der Waals surface area contributed by atoms with Gasteiger partial charge in [0.15, 0.2) is 0 Å². The first-order chi connectivity index (χ1) is 21.7. The van der Waals surface area contributed by atoms with Crippen molar-refractivity contribution in [1.29, 1.82) is 0 Å². The first kappa shape index (κ1) is 32.1. The highest BCUT2D eigenvalue weighted by Crippen LogP contribution is 2.29. The van der Waals surface area contributed by atoms with Crippen LogP contribution in [0, 0.1) is 0 Å². The van der Waals surface area contributed by atoms with Gasteiger partial charge < -0.3 is 15.0 Å². The van der Waals surface area contributed by atoms with E-state index in [1.807, 2.05) is 30.3 Å². The Kier molecular flexibility index (Phi) is 10.4. The first-order valence-electron chi connectivity index (χ1n) is 15.0. The molecular weight excluding hydrogens is 610 g/mol. The zero-order valence-electron chi connectivity index (χ0n) is 25.0. The molecule has 1 aliphatic carbocycles. The van der Waals surface area contributed by atoms with Crippen LogP contribution in [0.4, 0.5) is 5.69 Å². The number of para-hydroxylation sites is 1. The molecule has 1 fully saturated rings. The van der Waals surface area contributed by atoms with Crippen LogP contribution in [0.3, 0.4) is 0 Å². The highest BCUT2D eigenvalue weighted by atomic mass is 35.5. The summed E-state index contributed by atoms with van der Waals surface area (Å²) in [7, 11) is -4.18. The van der Waals surface area contributed by atoms with Crippen molar-refractivity contribution in [2.45, 2.75) is 56.1 Å². The largest absolute Gasteiger partial charge is 0.457 e. The summed E-state index contributed by atoms with van der Waals surface area (Å²) in [5.74, 6) is 0.301. The van der Waals surface area contributed by atoms with Gasteiger partial charge in [-0.3, -0.25) is 13.9 Å². The molecule has 0 bridgehead atoms. The van der Waals surface area contributed by atoms with Gasteiger partial charge in [-0.05, 0) is 79.9 Å². The number of sulfonamides is 1. The number of amides is 2. The molecule has 10 heteroatoms. The van der Waals surface area contributed by atoms with E-state index >= 15 is 0 Å². The number of hydrogen-bond donors (Lipinski definition) is 1. The standard InChI is InChI=1S/C35H36ClN3O5S/c1-26(35(41)37-28-13-9-10-14-28)38(24-27-12-8-11-19-33(27)36)34(40)25-39(45(42,43)32-17-6-3-7-18-32)29-20-22-31(23-21-29)44-30-15-4-2-5-16-30/h2-8,11-12,15-23,26,28H,9-10,13-14,24-25H2,1H3,(H,37,41)/t26-/m0/s1. The Bertz CT molecular complexity index is 1700. The van der Waals surface area contributed by atoms with Gasteiger partial charge in [-0.25, -0.2) is 8.42 Å². The van der Waals surface area contributed by atoms with Crippen LogP contribution in [0.1, 0.15) is 38.2 Å². The fraction of sp³-hybridized carbons (Fsp3) is 0.257. The molecule has 0 aliphatic heterocycles. The predicted molar refractivity (Wildman–Crippen MR) is 176 cm³/mol. The number of nitrogens with one attached hydrogen (secondary N) is 1. The van der Waals surface area contributed by atoms with Crippen LogP contribution >= 0.6 is 11.6 Å². The normalized spacial score (nSPS) is 14.0. The van der Waals surface area contributed by atoms with Crippen molar-refractivity contribution in [2.24, 2.45) is 0 Å². The maximum Gasteiger partial charge on any atom is 0.264 e.